The van der Waals surface area contributed by atoms with E-state index in [1.807, 2.05) is 13.0 Å². The molecule has 0 aromatic carbocycles. The van der Waals surface area contributed by atoms with Gasteiger partial charge in [0.25, 0.3) is 0 Å². The smallest absolute Gasteiger partial charge is 0.230 e. The number of nitrogens with one attached hydrogen (secondary N) is 1. The number of aromatic nitrogens is 2. The number of carbonyl (C=O) groups excluding carboxylic acids is 1. The van der Waals surface area contributed by atoms with E-state index in [4.69, 9.17) is 5.73 Å². The van der Waals surface area contributed by atoms with Crippen molar-refractivity contribution < 1.29 is 4.79 Å². The van der Waals surface area contributed by atoms with E-state index in [0.717, 1.165) is 25.2 Å². The van der Waals surface area contributed by atoms with Gasteiger partial charge < -0.3 is 11.1 Å². The lowest BCUT2D eigenvalue weighted by Crippen LogP contribution is -2.42. The van der Waals surface area contributed by atoms with E-state index in [1.165, 1.54) is 6.42 Å². The standard InChI is InChI=1S/C13H20N4O/c1-2-17-10(5-6-15-17)16-13(18)11-8-3-4-9(7-8)12(11)14/h5-6,8-9,11-12H,2-4,7,14H2,1H3,(H,16,18). The van der Waals surface area contributed by atoms with Gasteiger partial charge in [0.2, 0.25) is 5.91 Å². The number of nitrogens with two attached hydrogens (primary N) is 1. The monoisotopic (exact) mass is 248 g/mol. The van der Waals surface area contributed by atoms with E-state index in [9.17, 15) is 4.79 Å². The molecule has 3 rings (SSSR count). The van der Waals surface area contributed by atoms with E-state index in [1.54, 1.807) is 10.9 Å². The topological polar surface area (TPSA) is 72.9 Å². The number of hydrogen-bond donors (Lipinski definition) is 2. The summed E-state index contributed by atoms with van der Waals surface area (Å²) in [6, 6.07) is 1.88. The van der Waals surface area contributed by atoms with Gasteiger partial charge in [0.05, 0.1) is 12.1 Å². The zero-order valence-electron chi connectivity index (χ0n) is 10.7. The lowest BCUT2D eigenvalue weighted by Gasteiger charge is -2.26. The van der Waals surface area contributed by atoms with Gasteiger partial charge in [0.1, 0.15) is 5.82 Å². The van der Waals surface area contributed by atoms with Gasteiger partial charge in [-0.25, -0.2) is 4.68 Å². The Hall–Kier alpha value is -1.36. The van der Waals surface area contributed by atoms with Crippen molar-refractivity contribution in [3.63, 3.8) is 0 Å². The average molecular weight is 248 g/mol. The highest BCUT2D eigenvalue weighted by Gasteiger charge is 2.49. The highest BCUT2D eigenvalue weighted by molar-refractivity contribution is 5.92. The van der Waals surface area contributed by atoms with Crippen molar-refractivity contribution in [1.29, 1.82) is 0 Å². The van der Waals surface area contributed by atoms with Crippen LogP contribution in [0.1, 0.15) is 26.2 Å². The molecule has 2 saturated carbocycles. The second-order valence-electron chi connectivity index (χ2n) is 5.46. The molecule has 18 heavy (non-hydrogen) atoms. The fourth-order valence-electron chi connectivity index (χ4n) is 3.63. The quantitative estimate of drug-likeness (QED) is 0.844. The first kappa shape index (κ1) is 11.7. The molecular weight excluding hydrogens is 228 g/mol. The first-order valence-electron chi connectivity index (χ1n) is 6.79. The Morgan fingerprint density at radius 2 is 2.33 bits per heavy atom. The summed E-state index contributed by atoms with van der Waals surface area (Å²) in [6.07, 6.45) is 5.19. The molecule has 5 nitrogen and oxygen atoms in total. The van der Waals surface area contributed by atoms with Crippen molar-refractivity contribution in [2.45, 2.75) is 38.8 Å². The summed E-state index contributed by atoms with van der Waals surface area (Å²) < 4.78 is 1.79. The zero-order valence-corrected chi connectivity index (χ0v) is 10.7. The maximum Gasteiger partial charge on any atom is 0.230 e. The van der Waals surface area contributed by atoms with Gasteiger partial charge in [-0.2, -0.15) is 5.10 Å². The zero-order chi connectivity index (χ0) is 12.7. The van der Waals surface area contributed by atoms with Crippen molar-refractivity contribution in [3.8, 4) is 0 Å². The second kappa shape index (κ2) is 4.39. The Bertz CT molecular complexity index is 454. The van der Waals surface area contributed by atoms with E-state index in [0.29, 0.717) is 11.8 Å². The van der Waals surface area contributed by atoms with Crippen LogP contribution in [-0.4, -0.2) is 21.7 Å². The van der Waals surface area contributed by atoms with Crippen LogP contribution in [0.4, 0.5) is 5.82 Å². The van der Waals surface area contributed by atoms with Gasteiger partial charge in [-0.1, -0.05) is 0 Å². The summed E-state index contributed by atoms with van der Waals surface area (Å²) in [7, 11) is 0. The first-order valence-corrected chi connectivity index (χ1v) is 6.79. The third-order valence-electron chi connectivity index (χ3n) is 4.55. The van der Waals surface area contributed by atoms with Crippen LogP contribution in [0, 0.1) is 17.8 Å². The Morgan fingerprint density at radius 3 is 3.00 bits per heavy atom. The minimum absolute atomic E-state index is 0.0102. The predicted molar refractivity (Wildman–Crippen MR) is 68.8 cm³/mol. The second-order valence-corrected chi connectivity index (χ2v) is 5.46. The Morgan fingerprint density at radius 1 is 1.56 bits per heavy atom. The molecule has 2 aliphatic rings. The van der Waals surface area contributed by atoms with Gasteiger partial charge in [-0.05, 0) is 38.0 Å². The summed E-state index contributed by atoms with van der Waals surface area (Å²) in [5.74, 6) is 1.89. The largest absolute Gasteiger partial charge is 0.327 e. The molecule has 1 amide bonds. The minimum atomic E-state index is -0.0102. The SMILES string of the molecule is CCn1nccc1NC(=O)C1C2CCC(C2)C1N. The molecule has 2 bridgehead atoms. The lowest BCUT2D eigenvalue weighted by atomic mass is 9.84. The molecular formula is C13H20N4O. The number of nitrogens with zero attached hydrogens (tertiary/aromatic N) is 2. The average Bonchev–Trinajstić information content (AvgIpc) is 3.03. The molecule has 0 spiro atoms. The van der Waals surface area contributed by atoms with Crippen LogP contribution in [0.3, 0.4) is 0 Å². The van der Waals surface area contributed by atoms with Crippen LogP contribution >= 0.6 is 0 Å². The number of aryl methyl sites for hydroxylation is 1. The van der Waals surface area contributed by atoms with E-state index in [-0.39, 0.29) is 17.9 Å². The van der Waals surface area contributed by atoms with E-state index >= 15 is 0 Å². The van der Waals surface area contributed by atoms with Gasteiger partial charge in [0, 0.05) is 18.7 Å². The Kier molecular flexibility index (Phi) is 2.86. The Labute approximate surface area is 107 Å². The van der Waals surface area contributed by atoms with Crippen LogP contribution in [0.2, 0.25) is 0 Å². The van der Waals surface area contributed by atoms with Gasteiger partial charge in [0.15, 0.2) is 0 Å². The molecule has 0 radical (unpaired) electrons. The normalized spacial score (nSPS) is 33.9. The fraction of sp³-hybridized carbons (Fsp3) is 0.692. The highest BCUT2D eigenvalue weighted by atomic mass is 16.2. The summed E-state index contributed by atoms with van der Waals surface area (Å²) >= 11 is 0. The molecule has 5 heteroatoms. The van der Waals surface area contributed by atoms with Crippen LogP contribution in [-0.2, 0) is 11.3 Å². The molecule has 0 aliphatic heterocycles. The number of hydrogen-bond acceptors (Lipinski definition) is 3. The van der Waals surface area contributed by atoms with Crippen molar-refractivity contribution in [2.75, 3.05) is 5.32 Å². The molecule has 0 saturated heterocycles. The molecule has 2 aliphatic carbocycles. The van der Waals surface area contributed by atoms with Crippen LogP contribution in [0.25, 0.3) is 0 Å². The fourth-order valence-corrected chi connectivity index (χ4v) is 3.63. The summed E-state index contributed by atoms with van der Waals surface area (Å²) in [4.78, 5) is 12.3. The van der Waals surface area contributed by atoms with Crippen LogP contribution in [0.5, 0.6) is 0 Å². The minimum Gasteiger partial charge on any atom is -0.327 e. The predicted octanol–water partition coefficient (Wildman–Crippen LogP) is 1.21. The first-order chi connectivity index (χ1) is 8.70. The molecule has 98 valence electrons. The summed E-state index contributed by atoms with van der Waals surface area (Å²) in [5, 5.41) is 7.13. The van der Waals surface area contributed by atoms with Crippen molar-refractivity contribution >= 4 is 11.7 Å². The summed E-state index contributed by atoms with van der Waals surface area (Å²) in [5.41, 5.74) is 6.18. The third-order valence-corrected chi connectivity index (χ3v) is 4.55. The van der Waals surface area contributed by atoms with E-state index in [2.05, 4.69) is 10.4 Å². The third kappa shape index (κ3) is 1.73. The summed E-state index contributed by atoms with van der Waals surface area (Å²) in [6.45, 7) is 2.76. The molecule has 4 atom stereocenters. The number of anilines is 1. The van der Waals surface area contributed by atoms with Crippen molar-refractivity contribution in [2.24, 2.45) is 23.5 Å². The van der Waals surface area contributed by atoms with Crippen molar-refractivity contribution in [1.82, 2.24) is 9.78 Å². The maximum absolute atomic E-state index is 12.3. The molecule has 1 aromatic heterocycles. The molecule has 3 N–H and O–H groups in total. The lowest BCUT2D eigenvalue weighted by molar-refractivity contribution is -0.121. The van der Waals surface area contributed by atoms with Gasteiger partial charge in [-0.15, -0.1) is 0 Å². The van der Waals surface area contributed by atoms with Crippen molar-refractivity contribution in [3.05, 3.63) is 12.3 Å². The Balaban J connectivity index is 1.72. The molecule has 2 fully saturated rings. The number of amides is 1. The number of carbonyl (C=O) groups is 1. The van der Waals surface area contributed by atoms with Crippen LogP contribution < -0.4 is 11.1 Å². The van der Waals surface area contributed by atoms with E-state index < -0.39 is 0 Å². The highest BCUT2D eigenvalue weighted by Crippen LogP contribution is 2.47. The van der Waals surface area contributed by atoms with Crippen LogP contribution in [0.15, 0.2) is 12.3 Å². The molecule has 1 heterocycles. The van der Waals surface area contributed by atoms with Gasteiger partial charge in [-0.3, -0.25) is 4.79 Å². The molecule has 4 unspecified atom stereocenters. The molecule has 1 aromatic rings. The number of fused-ring (bicyclic) bond motifs is 2. The maximum atomic E-state index is 12.3. The van der Waals surface area contributed by atoms with Gasteiger partial charge >= 0.3 is 0 Å². The number of rotatable bonds is 3.